The van der Waals surface area contributed by atoms with Crippen LogP contribution < -0.4 is 0 Å². The normalized spacial score (nSPS) is 15.5. The zero-order valence-corrected chi connectivity index (χ0v) is 12.7. The number of likely N-dealkylation sites (N-methyl/N-ethyl adjacent to an activating group) is 1. The van der Waals surface area contributed by atoms with Crippen LogP contribution in [0.2, 0.25) is 0 Å². The summed E-state index contributed by atoms with van der Waals surface area (Å²) in [5.41, 5.74) is -1.68. The van der Waals surface area contributed by atoms with E-state index >= 15 is 0 Å². The zero-order chi connectivity index (χ0) is 15.3. The van der Waals surface area contributed by atoms with E-state index in [9.17, 15) is 23.1 Å². The Bertz CT molecular complexity index is 416. The SMILES string of the molecule is CC(C)CCS(=O)(=O)CC(CC=O)(C(=O)O)N(C)C. The summed E-state index contributed by atoms with van der Waals surface area (Å²) < 4.78 is 24.1. The fourth-order valence-corrected chi connectivity index (χ4v) is 3.90. The summed E-state index contributed by atoms with van der Waals surface area (Å²) in [4.78, 5) is 23.4. The summed E-state index contributed by atoms with van der Waals surface area (Å²) in [5.74, 6) is -1.68. The summed E-state index contributed by atoms with van der Waals surface area (Å²) in [5, 5.41) is 9.30. The molecule has 0 aromatic rings. The molecule has 0 aliphatic carbocycles. The minimum atomic E-state index is -3.53. The first-order chi connectivity index (χ1) is 8.57. The van der Waals surface area contributed by atoms with E-state index in [2.05, 4.69) is 0 Å². The predicted octanol–water partition coefficient (Wildman–Crippen LogP) is 0.421. The van der Waals surface area contributed by atoms with Crippen molar-refractivity contribution in [3.63, 3.8) is 0 Å². The quantitative estimate of drug-likeness (QED) is 0.619. The molecule has 1 atom stereocenters. The second kappa shape index (κ2) is 7.00. The summed E-state index contributed by atoms with van der Waals surface area (Å²) in [6, 6.07) is 0. The smallest absolute Gasteiger partial charge is 0.325 e. The van der Waals surface area contributed by atoms with Crippen LogP contribution >= 0.6 is 0 Å². The first kappa shape index (κ1) is 18.0. The van der Waals surface area contributed by atoms with Gasteiger partial charge < -0.3 is 9.90 Å². The van der Waals surface area contributed by atoms with Gasteiger partial charge in [0.25, 0.3) is 0 Å². The molecule has 0 aliphatic heterocycles. The highest BCUT2D eigenvalue weighted by molar-refractivity contribution is 7.91. The predicted molar refractivity (Wildman–Crippen MR) is 72.8 cm³/mol. The van der Waals surface area contributed by atoms with Gasteiger partial charge in [0.2, 0.25) is 0 Å². The van der Waals surface area contributed by atoms with Crippen molar-refractivity contribution < 1.29 is 23.1 Å². The molecule has 0 radical (unpaired) electrons. The van der Waals surface area contributed by atoms with Gasteiger partial charge in [0.15, 0.2) is 9.84 Å². The van der Waals surface area contributed by atoms with Crippen LogP contribution in [0.15, 0.2) is 0 Å². The number of carboxylic acids is 1. The van der Waals surface area contributed by atoms with Crippen LogP contribution in [-0.2, 0) is 19.4 Å². The molecule has 0 saturated heterocycles. The molecule has 1 N–H and O–H groups in total. The summed E-state index contributed by atoms with van der Waals surface area (Å²) >= 11 is 0. The minimum Gasteiger partial charge on any atom is -0.480 e. The van der Waals surface area contributed by atoms with Gasteiger partial charge in [-0.25, -0.2) is 8.42 Å². The average Bonchev–Trinajstić information content (AvgIpc) is 2.25. The van der Waals surface area contributed by atoms with Gasteiger partial charge in [0.05, 0.1) is 11.5 Å². The molecule has 7 heteroatoms. The molecule has 0 amide bonds. The summed E-state index contributed by atoms with van der Waals surface area (Å²) in [6.07, 6.45) is 0.578. The number of nitrogens with zero attached hydrogens (tertiary/aromatic N) is 1. The number of hydrogen-bond acceptors (Lipinski definition) is 5. The van der Waals surface area contributed by atoms with Gasteiger partial charge in [-0.2, -0.15) is 0 Å². The van der Waals surface area contributed by atoms with Gasteiger partial charge in [0, 0.05) is 6.42 Å². The van der Waals surface area contributed by atoms with Crippen molar-refractivity contribution in [3.8, 4) is 0 Å². The van der Waals surface area contributed by atoms with E-state index < -0.39 is 27.1 Å². The molecule has 0 spiro atoms. The fraction of sp³-hybridized carbons (Fsp3) is 0.833. The molecular weight excluding hydrogens is 270 g/mol. The molecule has 0 aliphatic rings. The molecule has 0 aromatic carbocycles. The Kier molecular flexibility index (Phi) is 6.65. The van der Waals surface area contributed by atoms with Crippen molar-refractivity contribution in [1.29, 1.82) is 0 Å². The monoisotopic (exact) mass is 293 g/mol. The van der Waals surface area contributed by atoms with Crippen molar-refractivity contribution in [2.24, 2.45) is 5.92 Å². The second-order valence-electron chi connectivity index (χ2n) is 5.38. The molecule has 0 fully saturated rings. The largest absolute Gasteiger partial charge is 0.480 e. The molecule has 112 valence electrons. The summed E-state index contributed by atoms with van der Waals surface area (Å²) in [6.45, 7) is 3.80. The molecule has 0 rings (SSSR count). The number of carbonyl (C=O) groups excluding carboxylic acids is 1. The first-order valence-corrected chi connectivity index (χ1v) is 7.94. The number of sulfone groups is 1. The average molecular weight is 293 g/mol. The fourth-order valence-electron chi connectivity index (χ4n) is 1.70. The molecule has 0 saturated carbocycles. The molecule has 19 heavy (non-hydrogen) atoms. The molecule has 6 nitrogen and oxygen atoms in total. The number of carbonyl (C=O) groups is 2. The lowest BCUT2D eigenvalue weighted by Crippen LogP contribution is -2.56. The molecule has 0 bridgehead atoms. The Morgan fingerprint density at radius 1 is 1.37 bits per heavy atom. The Morgan fingerprint density at radius 2 is 1.89 bits per heavy atom. The topological polar surface area (TPSA) is 91.8 Å². The van der Waals surface area contributed by atoms with Crippen LogP contribution in [0.4, 0.5) is 0 Å². The van der Waals surface area contributed by atoms with Gasteiger partial charge in [-0.05, 0) is 26.4 Å². The van der Waals surface area contributed by atoms with Crippen LogP contribution in [0.5, 0.6) is 0 Å². The van der Waals surface area contributed by atoms with E-state index in [-0.39, 0.29) is 18.1 Å². The molecule has 0 aromatic heterocycles. The molecule has 0 heterocycles. The number of rotatable bonds is 9. The van der Waals surface area contributed by atoms with E-state index in [0.717, 1.165) is 0 Å². The zero-order valence-electron chi connectivity index (χ0n) is 11.9. The lowest BCUT2D eigenvalue weighted by molar-refractivity contribution is -0.149. The van der Waals surface area contributed by atoms with Crippen molar-refractivity contribution in [2.75, 3.05) is 25.6 Å². The Hall–Kier alpha value is -0.950. The van der Waals surface area contributed by atoms with E-state index in [1.165, 1.54) is 19.0 Å². The maximum atomic E-state index is 12.0. The standard InChI is InChI=1S/C12H23NO5S/c1-10(2)5-8-19(17,18)9-12(6-7-14,11(15)16)13(3)4/h7,10H,5-6,8-9H2,1-4H3,(H,15,16). The van der Waals surface area contributed by atoms with Gasteiger partial charge in [-0.15, -0.1) is 0 Å². The summed E-state index contributed by atoms with van der Waals surface area (Å²) in [7, 11) is -0.592. The maximum absolute atomic E-state index is 12.0. The number of aliphatic carboxylic acids is 1. The number of carboxylic acid groups (broad SMARTS) is 1. The van der Waals surface area contributed by atoms with E-state index in [1.54, 1.807) is 0 Å². The highest BCUT2D eigenvalue weighted by Gasteiger charge is 2.44. The Morgan fingerprint density at radius 3 is 2.21 bits per heavy atom. The lowest BCUT2D eigenvalue weighted by Gasteiger charge is -2.34. The molecular formula is C12H23NO5S. The van der Waals surface area contributed by atoms with Gasteiger partial charge in [-0.3, -0.25) is 9.69 Å². The lowest BCUT2D eigenvalue weighted by atomic mass is 9.97. The molecule has 1 unspecified atom stereocenters. The van der Waals surface area contributed by atoms with Gasteiger partial charge in [0.1, 0.15) is 11.8 Å². The Balaban J connectivity index is 5.21. The number of hydrogen-bond donors (Lipinski definition) is 1. The highest BCUT2D eigenvalue weighted by atomic mass is 32.2. The third kappa shape index (κ3) is 5.28. The maximum Gasteiger partial charge on any atom is 0.325 e. The van der Waals surface area contributed by atoms with Crippen molar-refractivity contribution in [1.82, 2.24) is 4.90 Å². The van der Waals surface area contributed by atoms with Crippen molar-refractivity contribution >= 4 is 22.1 Å². The Labute approximate surface area is 114 Å². The van der Waals surface area contributed by atoms with Gasteiger partial charge in [-0.1, -0.05) is 13.8 Å². The number of aldehydes is 1. The third-order valence-corrected chi connectivity index (χ3v) is 4.92. The van der Waals surface area contributed by atoms with Gasteiger partial charge >= 0.3 is 5.97 Å². The third-order valence-electron chi connectivity index (χ3n) is 3.14. The van der Waals surface area contributed by atoms with Crippen LogP contribution in [-0.4, -0.2) is 61.8 Å². The second-order valence-corrected chi connectivity index (χ2v) is 7.56. The van der Waals surface area contributed by atoms with E-state index in [0.29, 0.717) is 12.7 Å². The van der Waals surface area contributed by atoms with Crippen LogP contribution in [0.1, 0.15) is 26.7 Å². The highest BCUT2D eigenvalue weighted by Crippen LogP contribution is 2.21. The van der Waals surface area contributed by atoms with E-state index in [1.807, 2.05) is 13.8 Å². The van der Waals surface area contributed by atoms with Crippen molar-refractivity contribution in [3.05, 3.63) is 0 Å². The first-order valence-electron chi connectivity index (χ1n) is 6.12. The minimum absolute atomic E-state index is 0.0631. The van der Waals surface area contributed by atoms with Crippen LogP contribution in [0, 0.1) is 5.92 Å². The van der Waals surface area contributed by atoms with Crippen LogP contribution in [0.3, 0.4) is 0 Å². The van der Waals surface area contributed by atoms with Crippen molar-refractivity contribution in [2.45, 2.75) is 32.2 Å². The van der Waals surface area contributed by atoms with E-state index in [4.69, 9.17) is 0 Å². The van der Waals surface area contributed by atoms with Crippen LogP contribution in [0.25, 0.3) is 0 Å².